The zero-order valence-electron chi connectivity index (χ0n) is 24.5. The lowest BCUT2D eigenvalue weighted by atomic mass is 9.95. The molecule has 44 heavy (non-hydrogen) atoms. The topological polar surface area (TPSA) is 130 Å². The molecule has 1 N–H and O–H groups in total. The van der Waals surface area contributed by atoms with Crippen LogP contribution in [0.2, 0.25) is 5.02 Å². The molecule has 10 nitrogen and oxygen atoms in total. The van der Waals surface area contributed by atoms with Crippen molar-refractivity contribution in [2.45, 2.75) is 39.8 Å². The molecule has 1 atom stereocenters. The van der Waals surface area contributed by atoms with Crippen molar-refractivity contribution in [2.75, 3.05) is 13.7 Å². The molecule has 2 aromatic heterocycles. The molecule has 0 bridgehead atoms. The van der Waals surface area contributed by atoms with Gasteiger partial charge in [0, 0.05) is 11.6 Å². The second-order valence-electron chi connectivity index (χ2n) is 10.1. The summed E-state index contributed by atoms with van der Waals surface area (Å²) in [5, 5.41) is 9.69. The molecule has 4 aromatic rings. The largest absolute Gasteiger partial charge is 0.493 e. The first-order valence-electron chi connectivity index (χ1n) is 13.7. The molecule has 0 fully saturated rings. The summed E-state index contributed by atoms with van der Waals surface area (Å²) in [6, 6.07) is 12.0. The van der Waals surface area contributed by atoms with Gasteiger partial charge in [0.2, 0.25) is 0 Å². The number of halogens is 1. The number of carbonyl (C=O) groups excluding carboxylic acids is 1. The summed E-state index contributed by atoms with van der Waals surface area (Å²) in [5.41, 5.74) is 1.34. The van der Waals surface area contributed by atoms with Gasteiger partial charge in [0.05, 0.1) is 52.3 Å². The van der Waals surface area contributed by atoms with Crippen LogP contribution in [0.3, 0.4) is 0 Å². The second kappa shape index (κ2) is 12.6. The summed E-state index contributed by atoms with van der Waals surface area (Å²) in [6.45, 7) is 7.37. The van der Waals surface area contributed by atoms with E-state index in [0.717, 1.165) is 11.3 Å². The molecule has 0 saturated carbocycles. The Morgan fingerprint density at radius 3 is 2.61 bits per heavy atom. The number of ether oxygens (including phenoxy) is 3. The monoisotopic (exact) mass is 636 g/mol. The number of carbonyl (C=O) groups is 2. The van der Waals surface area contributed by atoms with Gasteiger partial charge in [0.1, 0.15) is 11.5 Å². The number of rotatable bonds is 9. The van der Waals surface area contributed by atoms with Gasteiger partial charge in [-0.05, 0) is 75.7 Å². The highest BCUT2D eigenvalue weighted by Crippen LogP contribution is 2.37. The number of thiazole rings is 1. The molecule has 0 saturated heterocycles. The fourth-order valence-electron chi connectivity index (χ4n) is 4.86. The number of methoxy groups -OCH3 is 1. The molecular weight excluding hydrogens is 608 g/mol. The van der Waals surface area contributed by atoms with Crippen molar-refractivity contribution in [3.63, 3.8) is 0 Å². The molecule has 0 spiro atoms. The third-order valence-electron chi connectivity index (χ3n) is 6.76. The standard InChI is InChI=1S/C32H29ClN2O8S/c1-6-41-31(39)27-17(4)34-32-35(28(27)18-8-11-24(42-16(2)3)25(14-18)40-5)29(36)26(44-32)15-20-9-12-23(43-20)21-13-19(30(37)38)7-10-22(21)33/h7-16,28H,6H2,1-5H3,(H,37,38)/b26-15-/t28-/m0/s1. The van der Waals surface area contributed by atoms with Crippen molar-refractivity contribution in [3.05, 3.63) is 101 Å². The Labute approximate surface area is 261 Å². The first-order valence-corrected chi connectivity index (χ1v) is 14.9. The normalized spacial score (nSPS) is 14.8. The van der Waals surface area contributed by atoms with Crippen LogP contribution < -0.4 is 24.4 Å². The maximum atomic E-state index is 14.0. The van der Waals surface area contributed by atoms with Crippen LogP contribution in [0.5, 0.6) is 11.5 Å². The van der Waals surface area contributed by atoms with Gasteiger partial charge in [-0.25, -0.2) is 14.6 Å². The highest BCUT2D eigenvalue weighted by atomic mass is 35.5. The Morgan fingerprint density at radius 1 is 1.16 bits per heavy atom. The molecule has 0 unspecified atom stereocenters. The van der Waals surface area contributed by atoms with E-state index in [-0.39, 0.29) is 23.8 Å². The van der Waals surface area contributed by atoms with E-state index in [4.69, 9.17) is 30.2 Å². The van der Waals surface area contributed by atoms with Gasteiger partial charge in [0.15, 0.2) is 16.3 Å². The Balaban J connectivity index is 1.64. The maximum Gasteiger partial charge on any atom is 0.338 e. The number of aromatic nitrogens is 1. The first-order chi connectivity index (χ1) is 21.0. The van der Waals surface area contributed by atoms with E-state index in [1.54, 1.807) is 50.3 Å². The number of aromatic carboxylic acids is 1. The Kier molecular flexibility index (Phi) is 8.80. The molecule has 1 aliphatic heterocycles. The van der Waals surface area contributed by atoms with E-state index in [9.17, 15) is 19.5 Å². The number of benzene rings is 2. The van der Waals surface area contributed by atoms with Gasteiger partial charge in [-0.15, -0.1) is 0 Å². The number of furan rings is 1. The average molecular weight is 637 g/mol. The lowest BCUT2D eigenvalue weighted by molar-refractivity contribution is -0.139. The molecule has 3 heterocycles. The number of carboxylic acids is 1. The Hall–Kier alpha value is -4.61. The van der Waals surface area contributed by atoms with Crippen LogP contribution in [0, 0.1) is 0 Å². The van der Waals surface area contributed by atoms with Gasteiger partial charge in [-0.3, -0.25) is 9.36 Å². The van der Waals surface area contributed by atoms with Crippen molar-refractivity contribution in [1.29, 1.82) is 0 Å². The molecule has 228 valence electrons. The minimum atomic E-state index is -1.09. The summed E-state index contributed by atoms with van der Waals surface area (Å²) in [7, 11) is 1.52. The SMILES string of the molecule is CCOC(=O)C1=C(C)N=c2s/c(=C\c3ccc(-c4cc(C(=O)O)ccc4Cl)o3)c(=O)n2[C@H]1c1ccc(OC(C)C)c(OC)c1. The summed E-state index contributed by atoms with van der Waals surface area (Å²) >= 11 is 7.46. The maximum absolute atomic E-state index is 14.0. The van der Waals surface area contributed by atoms with Gasteiger partial charge < -0.3 is 23.7 Å². The number of fused-ring (bicyclic) bond motifs is 1. The highest BCUT2D eigenvalue weighted by Gasteiger charge is 2.34. The number of hydrogen-bond donors (Lipinski definition) is 1. The molecule has 0 aliphatic carbocycles. The number of allylic oxidation sites excluding steroid dienone is 1. The quantitative estimate of drug-likeness (QED) is 0.248. The molecule has 2 aromatic carbocycles. The van der Waals surface area contributed by atoms with E-state index in [0.29, 0.717) is 54.2 Å². The fraction of sp³-hybridized carbons (Fsp3) is 0.250. The lowest BCUT2D eigenvalue weighted by Gasteiger charge is -2.25. The van der Waals surface area contributed by atoms with Gasteiger partial charge in [-0.1, -0.05) is 29.0 Å². The first kappa shape index (κ1) is 30.8. The molecule has 0 radical (unpaired) electrons. The van der Waals surface area contributed by atoms with Crippen molar-refractivity contribution < 1.29 is 33.3 Å². The minimum Gasteiger partial charge on any atom is -0.493 e. The smallest absolute Gasteiger partial charge is 0.338 e. The van der Waals surface area contributed by atoms with Gasteiger partial charge in [-0.2, -0.15) is 0 Å². The van der Waals surface area contributed by atoms with Crippen LogP contribution in [0.25, 0.3) is 17.4 Å². The number of hydrogen-bond acceptors (Lipinski definition) is 9. The third kappa shape index (κ3) is 5.93. The number of nitrogens with zero attached hydrogens (tertiary/aromatic N) is 2. The van der Waals surface area contributed by atoms with Crippen LogP contribution in [0.4, 0.5) is 0 Å². The van der Waals surface area contributed by atoms with Crippen LogP contribution in [-0.2, 0) is 9.53 Å². The molecular formula is C32H29ClN2O8S. The number of esters is 1. The van der Waals surface area contributed by atoms with Gasteiger partial charge >= 0.3 is 11.9 Å². The minimum absolute atomic E-state index is 0.0591. The van der Waals surface area contributed by atoms with Crippen molar-refractivity contribution in [1.82, 2.24) is 4.57 Å². The molecule has 1 aliphatic rings. The predicted octanol–water partition coefficient (Wildman–Crippen LogP) is 5.21. The molecule has 12 heteroatoms. The predicted molar refractivity (Wildman–Crippen MR) is 165 cm³/mol. The Morgan fingerprint density at radius 2 is 1.93 bits per heavy atom. The average Bonchev–Trinajstić information content (AvgIpc) is 3.56. The van der Waals surface area contributed by atoms with Crippen molar-refractivity contribution >= 4 is 41.0 Å². The zero-order chi connectivity index (χ0) is 31.7. The van der Waals surface area contributed by atoms with E-state index in [1.165, 1.54) is 29.9 Å². The zero-order valence-corrected chi connectivity index (χ0v) is 26.1. The summed E-state index contributed by atoms with van der Waals surface area (Å²) in [6.07, 6.45) is 1.48. The summed E-state index contributed by atoms with van der Waals surface area (Å²) < 4.78 is 24.6. The van der Waals surface area contributed by atoms with Crippen molar-refractivity contribution in [2.24, 2.45) is 4.99 Å². The Bertz CT molecular complexity index is 1990. The van der Waals surface area contributed by atoms with Gasteiger partial charge in [0.25, 0.3) is 5.56 Å². The van der Waals surface area contributed by atoms with E-state index in [2.05, 4.69) is 4.99 Å². The molecule has 5 rings (SSSR count). The van der Waals surface area contributed by atoms with E-state index >= 15 is 0 Å². The van der Waals surface area contributed by atoms with Crippen molar-refractivity contribution in [3.8, 4) is 22.8 Å². The summed E-state index contributed by atoms with van der Waals surface area (Å²) in [5.74, 6) is -0.0131. The second-order valence-corrected chi connectivity index (χ2v) is 11.5. The third-order valence-corrected chi connectivity index (χ3v) is 8.07. The van der Waals surface area contributed by atoms with Crippen LogP contribution in [-0.4, -0.2) is 41.4 Å². The number of carboxylic acid groups (broad SMARTS) is 1. The van der Waals surface area contributed by atoms with Crippen LogP contribution in [0.1, 0.15) is 55.4 Å². The summed E-state index contributed by atoms with van der Waals surface area (Å²) in [4.78, 5) is 43.7. The highest BCUT2D eigenvalue weighted by molar-refractivity contribution is 7.07. The molecule has 0 amide bonds. The van der Waals surface area contributed by atoms with Crippen LogP contribution in [0.15, 0.2) is 74.0 Å². The lowest BCUT2D eigenvalue weighted by Crippen LogP contribution is -2.40. The van der Waals surface area contributed by atoms with E-state index in [1.807, 2.05) is 13.8 Å². The van der Waals surface area contributed by atoms with E-state index < -0.39 is 23.5 Å². The fourth-order valence-corrected chi connectivity index (χ4v) is 6.10. The van der Waals surface area contributed by atoms with Crippen LogP contribution >= 0.6 is 22.9 Å².